The van der Waals surface area contributed by atoms with E-state index in [4.69, 9.17) is 4.74 Å². The summed E-state index contributed by atoms with van der Waals surface area (Å²) < 4.78 is 5.93. The van der Waals surface area contributed by atoms with Crippen molar-refractivity contribution in [2.24, 2.45) is 17.3 Å². The van der Waals surface area contributed by atoms with Crippen molar-refractivity contribution < 1.29 is 19.7 Å². The summed E-state index contributed by atoms with van der Waals surface area (Å²) in [6.45, 7) is 13.8. The molecule has 1 fully saturated rings. The third-order valence-electron chi connectivity index (χ3n) is 7.10. The maximum Gasteiger partial charge on any atom is 0.311 e. The van der Waals surface area contributed by atoms with Gasteiger partial charge in [0, 0.05) is 5.92 Å². The number of ether oxygens (including phenoxy) is 1. The van der Waals surface area contributed by atoms with Gasteiger partial charge in [-0.1, -0.05) is 34.6 Å². The summed E-state index contributed by atoms with van der Waals surface area (Å²) in [5.41, 5.74) is -2.12. The van der Waals surface area contributed by atoms with Crippen LogP contribution in [-0.2, 0) is 9.53 Å². The Morgan fingerprint density at radius 3 is 1.76 bits per heavy atom. The number of aliphatic hydroxyl groups is 2. The van der Waals surface area contributed by atoms with Gasteiger partial charge in [0.1, 0.15) is 6.10 Å². The van der Waals surface area contributed by atoms with E-state index in [0.717, 1.165) is 0 Å². The Bertz CT molecular complexity index is 435. The number of carbonyl (C=O) groups excluding carboxylic acids is 1. The summed E-state index contributed by atoms with van der Waals surface area (Å²) in [6, 6.07) is 0. The summed E-state index contributed by atoms with van der Waals surface area (Å²) in [5.74, 6) is -0.259. The summed E-state index contributed by atoms with van der Waals surface area (Å²) in [7, 11) is 0. The molecule has 4 nitrogen and oxygen atoms in total. The number of carbonyl (C=O) groups is 1. The minimum atomic E-state index is -0.849. The van der Waals surface area contributed by atoms with E-state index in [1.807, 2.05) is 48.5 Å². The molecular formula is C21H40O4. The molecule has 0 aromatic rings. The molecule has 1 aliphatic carbocycles. The summed E-state index contributed by atoms with van der Waals surface area (Å²) in [6.07, 6.45) is 4.35. The van der Waals surface area contributed by atoms with Crippen molar-refractivity contribution in [1.82, 2.24) is 0 Å². The number of rotatable bonds is 9. The normalized spacial score (nSPS) is 25.2. The van der Waals surface area contributed by atoms with Crippen LogP contribution in [0.15, 0.2) is 0 Å². The van der Waals surface area contributed by atoms with Crippen LogP contribution in [0.3, 0.4) is 0 Å². The van der Waals surface area contributed by atoms with Crippen molar-refractivity contribution in [3.8, 4) is 0 Å². The fourth-order valence-electron chi connectivity index (χ4n) is 4.18. The molecule has 148 valence electrons. The van der Waals surface area contributed by atoms with Crippen LogP contribution < -0.4 is 0 Å². The summed E-state index contributed by atoms with van der Waals surface area (Å²) in [4.78, 5) is 12.6. The molecule has 1 saturated carbocycles. The first-order valence-corrected chi connectivity index (χ1v) is 10.2. The predicted octanol–water partition coefficient (Wildman–Crippen LogP) is 4.46. The topological polar surface area (TPSA) is 66.8 Å². The minimum absolute atomic E-state index is 0.0552. The van der Waals surface area contributed by atoms with Crippen LogP contribution in [-0.4, -0.2) is 33.5 Å². The second-order valence-corrected chi connectivity index (χ2v) is 8.58. The van der Waals surface area contributed by atoms with E-state index >= 15 is 0 Å². The van der Waals surface area contributed by atoms with E-state index in [0.29, 0.717) is 44.9 Å². The molecular weight excluding hydrogens is 316 g/mol. The van der Waals surface area contributed by atoms with Crippen LogP contribution in [0.4, 0.5) is 0 Å². The standard InChI is InChI=1S/C21H40O4/c1-8-19(6,7)18(22)25-17-14-15(20(23,9-2)10-3)13-16(17)21(24,11-4)12-5/h15-17,23-24H,8-14H2,1-7H3. The van der Waals surface area contributed by atoms with Crippen LogP contribution in [0.25, 0.3) is 0 Å². The lowest BCUT2D eigenvalue weighted by molar-refractivity contribution is -0.167. The van der Waals surface area contributed by atoms with E-state index in [1.54, 1.807) is 0 Å². The molecule has 0 radical (unpaired) electrons. The van der Waals surface area contributed by atoms with Crippen molar-refractivity contribution in [1.29, 1.82) is 0 Å². The summed E-state index contributed by atoms with van der Waals surface area (Å²) >= 11 is 0. The zero-order chi connectivity index (χ0) is 19.5. The van der Waals surface area contributed by atoms with Gasteiger partial charge >= 0.3 is 5.97 Å². The van der Waals surface area contributed by atoms with Crippen molar-refractivity contribution in [2.75, 3.05) is 0 Å². The van der Waals surface area contributed by atoms with Gasteiger partial charge in [-0.2, -0.15) is 0 Å². The number of hydrogen-bond donors (Lipinski definition) is 2. The molecule has 3 unspecified atom stereocenters. The number of esters is 1. The van der Waals surface area contributed by atoms with E-state index in [9.17, 15) is 15.0 Å². The molecule has 2 N–H and O–H groups in total. The first-order chi connectivity index (χ1) is 11.5. The van der Waals surface area contributed by atoms with Gasteiger partial charge in [-0.25, -0.2) is 0 Å². The first kappa shape index (κ1) is 22.4. The largest absolute Gasteiger partial charge is 0.462 e. The average Bonchev–Trinajstić information content (AvgIpc) is 3.05. The Kier molecular flexibility index (Phi) is 7.53. The second-order valence-electron chi connectivity index (χ2n) is 8.58. The number of hydrogen-bond acceptors (Lipinski definition) is 4. The van der Waals surface area contributed by atoms with Crippen molar-refractivity contribution >= 4 is 5.97 Å². The first-order valence-electron chi connectivity index (χ1n) is 10.2. The van der Waals surface area contributed by atoms with Gasteiger partial charge in [-0.15, -0.1) is 0 Å². The van der Waals surface area contributed by atoms with Crippen LogP contribution in [0.2, 0.25) is 0 Å². The highest BCUT2D eigenvalue weighted by molar-refractivity contribution is 5.76. The van der Waals surface area contributed by atoms with Gasteiger partial charge in [-0.3, -0.25) is 4.79 Å². The highest BCUT2D eigenvalue weighted by Crippen LogP contribution is 2.48. The third-order valence-corrected chi connectivity index (χ3v) is 7.10. The third kappa shape index (κ3) is 4.57. The van der Waals surface area contributed by atoms with Gasteiger partial charge in [0.15, 0.2) is 0 Å². The molecule has 0 spiro atoms. The monoisotopic (exact) mass is 356 g/mol. The molecule has 0 aliphatic heterocycles. The molecule has 0 heterocycles. The van der Waals surface area contributed by atoms with Crippen LogP contribution in [0, 0.1) is 17.3 Å². The predicted molar refractivity (Wildman–Crippen MR) is 101 cm³/mol. The zero-order valence-corrected chi connectivity index (χ0v) is 17.4. The molecule has 0 saturated heterocycles. The van der Waals surface area contributed by atoms with Gasteiger partial charge in [-0.05, 0) is 64.7 Å². The van der Waals surface area contributed by atoms with Crippen LogP contribution >= 0.6 is 0 Å². The van der Waals surface area contributed by atoms with Crippen molar-refractivity contribution in [2.45, 2.75) is 111 Å². The highest BCUT2D eigenvalue weighted by atomic mass is 16.5. The Hall–Kier alpha value is -0.610. The van der Waals surface area contributed by atoms with Gasteiger partial charge < -0.3 is 14.9 Å². The molecule has 0 amide bonds. The van der Waals surface area contributed by atoms with E-state index in [2.05, 4.69) is 0 Å². The zero-order valence-electron chi connectivity index (χ0n) is 17.4. The molecule has 4 heteroatoms. The maximum atomic E-state index is 12.6. The van der Waals surface area contributed by atoms with Gasteiger partial charge in [0.05, 0.1) is 16.6 Å². The summed E-state index contributed by atoms with van der Waals surface area (Å²) in [5, 5.41) is 22.1. The van der Waals surface area contributed by atoms with E-state index in [1.165, 1.54) is 0 Å². The Morgan fingerprint density at radius 1 is 0.880 bits per heavy atom. The fraction of sp³-hybridized carbons (Fsp3) is 0.952. The van der Waals surface area contributed by atoms with Gasteiger partial charge in [0.25, 0.3) is 0 Å². The Balaban J connectivity index is 3.10. The molecule has 0 bridgehead atoms. The smallest absolute Gasteiger partial charge is 0.311 e. The van der Waals surface area contributed by atoms with Crippen LogP contribution in [0.5, 0.6) is 0 Å². The Morgan fingerprint density at radius 2 is 1.36 bits per heavy atom. The Labute approximate surface area is 154 Å². The fourth-order valence-corrected chi connectivity index (χ4v) is 4.18. The lowest BCUT2D eigenvalue weighted by Crippen LogP contribution is -2.43. The molecule has 0 aromatic carbocycles. The van der Waals surface area contributed by atoms with Crippen molar-refractivity contribution in [3.63, 3.8) is 0 Å². The minimum Gasteiger partial charge on any atom is -0.462 e. The van der Waals surface area contributed by atoms with Crippen molar-refractivity contribution in [3.05, 3.63) is 0 Å². The molecule has 25 heavy (non-hydrogen) atoms. The molecule has 1 aliphatic rings. The molecule has 3 atom stereocenters. The quantitative estimate of drug-likeness (QED) is 0.598. The van der Waals surface area contributed by atoms with E-state index < -0.39 is 16.6 Å². The maximum absolute atomic E-state index is 12.6. The highest BCUT2D eigenvalue weighted by Gasteiger charge is 2.52. The lowest BCUT2D eigenvalue weighted by Gasteiger charge is -2.37. The molecule has 1 rings (SSSR count). The van der Waals surface area contributed by atoms with Crippen LogP contribution in [0.1, 0.15) is 93.4 Å². The average molecular weight is 357 g/mol. The van der Waals surface area contributed by atoms with E-state index in [-0.39, 0.29) is 23.9 Å². The lowest BCUT2D eigenvalue weighted by atomic mass is 9.77. The second kappa shape index (κ2) is 8.39. The SMILES string of the molecule is CCC(C)(C)C(=O)OC1CC(C(O)(CC)CC)CC1C(O)(CC)CC. The van der Waals surface area contributed by atoms with Gasteiger partial charge in [0.2, 0.25) is 0 Å². The molecule has 0 aromatic heterocycles.